The molecule has 0 saturated heterocycles. The molecule has 0 saturated carbocycles. The van der Waals surface area contributed by atoms with E-state index < -0.39 is 6.04 Å². The first-order valence-electron chi connectivity index (χ1n) is 8.50. The first kappa shape index (κ1) is 19.2. The zero-order valence-corrected chi connectivity index (χ0v) is 16.9. The second kappa shape index (κ2) is 8.41. The Bertz CT molecular complexity index is 918. The van der Waals surface area contributed by atoms with E-state index in [1.807, 2.05) is 50.4 Å². The Hall–Kier alpha value is -2.58. The predicted octanol–water partition coefficient (Wildman–Crippen LogP) is 3.97. The van der Waals surface area contributed by atoms with E-state index in [9.17, 15) is 9.59 Å². The van der Waals surface area contributed by atoms with Gasteiger partial charge in [0, 0.05) is 5.56 Å². The number of carbonyl (C=O) groups is 2. The van der Waals surface area contributed by atoms with Gasteiger partial charge in [-0.25, -0.2) is 0 Å². The first-order chi connectivity index (χ1) is 12.9. The minimum Gasteiger partial charge on any atom is -0.339 e. The molecule has 0 fully saturated rings. The van der Waals surface area contributed by atoms with E-state index in [0.717, 1.165) is 16.1 Å². The van der Waals surface area contributed by atoms with Gasteiger partial charge < -0.3 is 5.32 Å². The first-order valence-corrected chi connectivity index (χ1v) is 10.2. The van der Waals surface area contributed by atoms with Crippen molar-refractivity contribution < 1.29 is 9.59 Å². The number of aryl methyl sites for hydroxylation is 1. The lowest BCUT2D eigenvalue weighted by Crippen LogP contribution is -2.46. The molecule has 0 spiro atoms. The predicted molar refractivity (Wildman–Crippen MR) is 109 cm³/mol. The van der Waals surface area contributed by atoms with Crippen molar-refractivity contribution in [2.75, 3.05) is 5.32 Å². The Morgan fingerprint density at radius 2 is 1.81 bits per heavy atom. The van der Waals surface area contributed by atoms with Gasteiger partial charge in [0.05, 0.1) is 4.88 Å². The van der Waals surface area contributed by atoms with Crippen LogP contribution in [0.15, 0.2) is 41.8 Å². The van der Waals surface area contributed by atoms with Gasteiger partial charge in [-0.2, -0.15) is 0 Å². The van der Waals surface area contributed by atoms with E-state index >= 15 is 0 Å². The van der Waals surface area contributed by atoms with E-state index in [0.29, 0.717) is 10.0 Å². The van der Waals surface area contributed by atoms with Crippen LogP contribution in [0.25, 0.3) is 10.6 Å². The molecule has 0 aliphatic heterocycles. The fourth-order valence-corrected chi connectivity index (χ4v) is 3.80. The molecule has 0 bridgehead atoms. The monoisotopic (exact) mass is 400 g/mol. The molecule has 2 amide bonds. The highest BCUT2D eigenvalue weighted by atomic mass is 32.1. The van der Waals surface area contributed by atoms with E-state index in [4.69, 9.17) is 0 Å². The van der Waals surface area contributed by atoms with E-state index in [1.54, 1.807) is 12.1 Å². The maximum absolute atomic E-state index is 12.7. The molecule has 2 N–H and O–H groups in total. The van der Waals surface area contributed by atoms with Gasteiger partial charge in [-0.15, -0.1) is 21.5 Å². The second-order valence-electron chi connectivity index (χ2n) is 6.44. The summed E-state index contributed by atoms with van der Waals surface area (Å²) in [5.41, 5.74) is 2.11. The fourth-order valence-electron chi connectivity index (χ4n) is 2.42. The molecule has 0 aliphatic carbocycles. The summed E-state index contributed by atoms with van der Waals surface area (Å²) in [6.45, 7) is 5.79. The van der Waals surface area contributed by atoms with Gasteiger partial charge >= 0.3 is 0 Å². The Morgan fingerprint density at radius 3 is 2.44 bits per heavy atom. The van der Waals surface area contributed by atoms with Crippen LogP contribution in [0.1, 0.15) is 29.1 Å². The van der Waals surface area contributed by atoms with Crippen molar-refractivity contribution in [2.45, 2.75) is 26.8 Å². The third kappa shape index (κ3) is 4.78. The van der Waals surface area contributed by atoms with Crippen molar-refractivity contribution in [1.29, 1.82) is 0 Å². The summed E-state index contributed by atoms with van der Waals surface area (Å²) >= 11 is 2.64. The molecule has 1 unspecified atom stereocenters. The van der Waals surface area contributed by atoms with E-state index in [2.05, 4.69) is 20.8 Å². The van der Waals surface area contributed by atoms with E-state index in [-0.39, 0.29) is 17.7 Å². The molecule has 8 heteroatoms. The molecular weight excluding hydrogens is 380 g/mol. The minimum absolute atomic E-state index is 0.0709. The molecule has 1 atom stereocenters. The molecule has 1 aromatic carbocycles. The topological polar surface area (TPSA) is 84.0 Å². The maximum Gasteiger partial charge on any atom is 0.262 e. The van der Waals surface area contributed by atoms with Crippen molar-refractivity contribution in [2.24, 2.45) is 5.92 Å². The van der Waals surface area contributed by atoms with Crippen molar-refractivity contribution >= 4 is 39.6 Å². The molecular formula is C19H20N4O2S2. The number of anilines is 1. The summed E-state index contributed by atoms with van der Waals surface area (Å²) < 4.78 is 0. The summed E-state index contributed by atoms with van der Waals surface area (Å²) in [5.74, 6) is -0.628. The molecule has 2 aromatic heterocycles. The zero-order valence-electron chi connectivity index (χ0n) is 15.2. The number of amides is 2. The van der Waals surface area contributed by atoms with Crippen molar-refractivity contribution in [3.63, 3.8) is 0 Å². The number of carbonyl (C=O) groups excluding carboxylic acids is 2. The quantitative estimate of drug-likeness (QED) is 0.656. The fraction of sp³-hybridized carbons (Fsp3) is 0.263. The Labute approximate surface area is 165 Å². The van der Waals surface area contributed by atoms with Gasteiger partial charge in [0.1, 0.15) is 11.0 Å². The lowest BCUT2D eigenvalue weighted by Gasteiger charge is -2.20. The van der Waals surface area contributed by atoms with Gasteiger partial charge in [-0.05, 0) is 24.3 Å². The number of hydrogen-bond acceptors (Lipinski definition) is 6. The highest BCUT2D eigenvalue weighted by Gasteiger charge is 2.26. The van der Waals surface area contributed by atoms with Crippen molar-refractivity contribution in [3.05, 3.63) is 52.2 Å². The standard InChI is InChI=1S/C19H20N4O2S2/c1-11(2)15(20-16(24)14-5-4-10-26-14)17(25)21-19-23-22-18(27-19)13-8-6-12(3)7-9-13/h4-11,15H,1-3H3,(H,20,24)(H,21,23,25). The summed E-state index contributed by atoms with van der Waals surface area (Å²) in [6, 6.07) is 10.8. The molecule has 140 valence electrons. The van der Waals surface area contributed by atoms with Crippen LogP contribution in [-0.2, 0) is 4.79 Å². The minimum atomic E-state index is -0.661. The average molecular weight is 401 g/mol. The Morgan fingerprint density at radius 1 is 1.07 bits per heavy atom. The van der Waals surface area contributed by atoms with Crippen LogP contribution in [0.2, 0.25) is 0 Å². The number of nitrogens with one attached hydrogen (secondary N) is 2. The highest BCUT2D eigenvalue weighted by molar-refractivity contribution is 7.18. The lowest BCUT2D eigenvalue weighted by molar-refractivity contribution is -0.118. The zero-order chi connectivity index (χ0) is 19.4. The third-order valence-corrected chi connectivity index (χ3v) is 5.69. The largest absolute Gasteiger partial charge is 0.339 e. The van der Waals surface area contributed by atoms with Crippen LogP contribution < -0.4 is 10.6 Å². The van der Waals surface area contributed by atoms with Gasteiger partial charge in [0.2, 0.25) is 11.0 Å². The number of aromatic nitrogens is 2. The molecule has 6 nitrogen and oxygen atoms in total. The van der Waals surface area contributed by atoms with Gasteiger partial charge in [-0.1, -0.05) is 61.1 Å². The number of hydrogen-bond donors (Lipinski definition) is 2. The summed E-state index contributed by atoms with van der Waals surface area (Å²) in [6.07, 6.45) is 0. The molecule has 3 aromatic rings. The number of thiophene rings is 1. The maximum atomic E-state index is 12.7. The molecule has 3 rings (SSSR count). The second-order valence-corrected chi connectivity index (χ2v) is 8.37. The molecule has 2 heterocycles. The van der Waals surface area contributed by atoms with Crippen LogP contribution in [0.3, 0.4) is 0 Å². The van der Waals surface area contributed by atoms with Gasteiger partial charge in [0.25, 0.3) is 5.91 Å². The van der Waals surface area contributed by atoms with Gasteiger partial charge in [0.15, 0.2) is 0 Å². The molecule has 27 heavy (non-hydrogen) atoms. The SMILES string of the molecule is Cc1ccc(-c2nnc(NC(=O)C(NC(=O)c3cccs3)C(C)C)s2)cc1. The van der Waals surface area contributed by atoms with Crippen LogP contribution >= 0.6 is 22.7 Å². The lowest BCUT2D eigenvalue weighted by atomic mass is 10.0. The molecule has 0 aliphatic rings. The normalized spacial score (nSPS) is 12.0. The van der Waals surface area contributed by atoms with Crippen LogP contribution in [-0.4, -0.2) is 28.1 Å². The van der Waals surface area contributed by atoms with Crippen molar-refractivity contribution in [3.8, 4) is 10.6 Å². The number of nitrogens with zero attached hydrogens (tertiary/aromatic N) is 2. The average Bonchev–Trinajstić information content (AvgIpc) is 3.31. The van der Waals surface area contributed by atoms with Crippen LogP contribution in [0, 0.1) is 12.8 Å². The third-order valence-electron chi connectivity index (χ3n) is 3.93. The summed E-state index contributed by atoms with van der Waals surface area (Å²) in [5, 5.41) is 16.7. The van der Waals surface area contributed by atoms with Crippen molar-refractivity contribution in [1.82, 2.24) is 15.5 Å². The van der Waals surface area contributed by atoms with E-state index in [1.165, 1.54) is 22.7 Å². The van der Waals surface area contributed by atoms with Gasteiger partial charge in [-0.3, -0.25) is 14.9 Å². The number of rotatable bonds is 6. The summed E-state index contributed by atoms with van der Waals surface area (Å²) in [7, 11) is 0. The number of benzene rings is 1. The Balaban J connectivity index is 1.69. The summed E-state index contributed by atoms with van der Waals surface area (Å²) in [4.78, 5) is 25.5. The molecule has 0 radical (unpaired) electrons. The van der Waals surface area contributed by atoms with Crippen LogP contribution in [0.4, 0.5) is 5.13 Å². The smallest absolute Gasteiger partial charge is 0.262 e. The van der Waals surface area contributed by atoms with Crippen LogP contribution in [0.5, 0.6) is 0 Å². The Kier molecular flexibility index (Phi) is 5.98. The highest BCUT2D eigenvalue weighted by Crippen LogP contribution is 2.26.